The molecule has 0 aliphatic rings. The molecule has 0 fully saturated rings. The number of nitrogens with two attached hydrogens (primary N) is 3. The molecule has 0 aromatic heterocycles. The van der Waals surface area contributed by atoms with Gasteiger partial charge in [-0.15, -0.1) is 0 Å². The summed E-state index contributed by atoms with van der Waals surface area (Å²) in [6.07, 6.45) is -2.84. The number of carbonyl (C=O) groups excluding carboxylic acids is 5. The number of carbonyl (C=O) groups is 6. The number of carboxylic acid groups (broad SMARTS) is 1. The van der Waals surface area contributed by atoms with Crippen LogP contribution in [0, 0.1) is 0 Å². The molecule has 0 aliphatic carbocycles. The second kappa shape index (κ2) is 11.5. The largest absolute Gasteiger partial charge is 0.480 e. The average molecular weight is 404 g/mol. The fourth-order valence-corrected chi connectivity index (χ4v) is 1.99. The molecule has 0 saturated carbocycles. The van der Waals surface area contributed by atoms with Crippen LogP contribution in [-0.4, -0.2) is 76.5 Å². The average Bonchev–Trinajstić information content (AvgIpc) is 2.56. The molecule has 0 bridgehead atoms. The maximum absolute atomic E-state index is 12.3. The number of carboxylic acids is 1. The standard InChI is InChI=1S/C14H24N6O8/c1-5(21)11(14(27)28)20-13(26)7(3-9(17)23)19-12(25)6(2-8(16)22)18-10(24)4-15/h5-7,11,21H,2-4,15H2,1H3,(H2,16,22)(H2,17,23)(H,18,24)(H,19,25)(H,20,26)(H,27,28). The van der Waals surface area contributed by atoms with Crippen LogP contribution in [0.3, 0.4) is 0 Å². The van der Waals surface area contributed by atoms with Crippen molar-refractivity contribution in [3.8, 4) is 0 Å². The Labute approximate surface area is 159 Å². The summed E-state index contributed by atoms with van der Waals surface area (Å²) in [6.45, 7) is 0.606. The molecule has 28 heavy (non-hydrogen) atoms. The van der Waals surface area contributed by atoms with Gasteiger partial charge in [-0.05, 0) is 6.92 Å². The molecule has 11 N–H and O–H groups in total. The Bertz CT molecular complexity index is 637. The molecular formula is C14H24N6O8. The molecule has 4 unspecified atom stereocenters. The summed E-state index contributed by atoms with van der Waals surface area (Å²) in [5, 5.41) is 24.5. The van der Waals surface area contributed by atoms with E-state index in [2.05, 4.69) is 10.6 Å². The van der Waals surface area contributed by atoms with Gasteiger partial charge in [-0.3, -0.25) is 24.0 Å². The Morgan fingerprint density at radius 1 is 0.857 bits per heavy atom. The van der Waals surface area contributed by atoms with Crippen LogP contribution in [0.2, 0.25) is 0 Å². The minimum absolute atomic E-state index is 0.498. The van der Waals surface area contributed by atoms with E-state index in [-0.39, 0.29) is 0 Å². The smallest absolute Gasteiger partial charge is 0.328 e. The number of aliphatic hydroxyl groups excluding tert-OH is 1. The second-order valence-corrected chi connectivity index (χ2v) is 5.79. The van der Waals surface area contributed by atoms with Gasteiger partial charge in [-0.1, -0.05) is 0 Å². The molecule has 0 aliphatic heterocycles. The third-order valence-corrected chi connectivity index (χ3v) is 3.33. The van der Waals surface area contributed by atoms with E-state index in [0.29, 0.717) is 0 Å². The third kappa shape index (κ3) is 8.91. The van der Waals surface area contributed by atoms with Gasteiger partial charge in [0.15, 0.2) is 6.04 Å². The molecule has 0 aromatic rings. The van der Waals surface area contributed by atoms with Crippen LogP contribution in [0.25, 0.3) is 0 Å². The van der Waals surface area contributed by atoms with E-state index in [1.165, 1.54) is 0 Å². The molecule has 0 aromatic carbocycles. The fourth-order valence-electron chi connectivity index (χ4n) is 1.99. The Hall–Kier alpha value is -3.26. The third-order valence-electron chi connectivity index (χ3n) is 3.33. The minimum Gasteiger partial charge on any atom is -0.480 e. The monoisotopic (exact) mass is 404 g/mol. The molecule has 14 heteroatoms. The van der Waals surface area contributed by atoms with Gasteiger partial charge in [0.25, 0.3) is 0 Å². The van der Waals surface area contributed by atoms with Crippen LogP contribution < -0.4 is 33.2 Å². The molecule has 5 amide bonds. The molecule has 0 rings (SSSR count). The van der Waals surface area contributed by atoms with Crippen molar-refractivity contribution in [3.05, 3.63) is 0 Å². The maximum Gasteiger partial charge on any atom is 0.328 e. The van der Waals surface area contributed by atoms with E-state index in [4.69, 9.17) is 22.3 Å². The fraction of sp³-hybridized carbons (Fsp3) is 0.571. The van der Waals surface area contributed by atoms with Crippen molar-refractivity contribution in [2.75, 3.05) is 6.54 Å². The molecule has 158 valence electrons. The van der Waals surface area contributed by atoms with Crippen molar-refractivity contribution in [1.29, 1.82) is 0 Å². The molecular weight excluding hydrogens is 380 g/mol. The lowest BCUT2D eigenvalue weighted by atomic mass is 10.1. The normalized spacial score (nSPS) is 14.7. The first-order valence-corrected chi connectivity index (χ1v) is 7.96. The Morgan fingerprint density at radius 3 is 1.64 bits per heavy atom. The Morgan fingerprint density at radius 2 is 1.29 bits per heavy atom. The highest BCUT2D eigenvalue weighted by atomic mass is 16.4. The lowest BCUT2D eigenvalue weighted by Crippen LogP contribution is -2.58. The van der Waals surface area contributed by atoms with E-state index in [0.717, 1.165) is 6.92 Å². The van der Waals surface area contributed by atoms with Gasteiger partial charge < -0.3 is 43.4 Å². The van der Waals surface area contributed by atoms with Crippen molar-refractivity contribution in [2.24, 2.45) is 17.2 Å². The number of hydrogen-bond acceptors (Lipinski definition) is 8. The number of aliphatic hydroxyl groups is 1. The zero-order chi connectivity index (χ0) is 22.0. The Kier molecular flexibility index (Phi) is 10.1. The number of amides is 5. The second-order valence-electron chi connectivity index (χ2n) is 5.79. The van der Waals surface area contributed by atoms with E-state index < -0.39 is 79.1 Å². The molecule has 0 spiro atoms. The van der Waals surface area contributed by atoms with Crippen molar-refractivity contribution < 1.29 is 39.0 Å². The number of primary amides is 2. The van der Waals surface area contributed by atoms with Crippen LogP contribution in [0.1, 0.15) is 19.8 Å². The summed E-state index contributed by atoms with van der Waals surface area (Å²) >= 11 is 0. The molecule has 0 heterocycles. The number of rotatable bonds is 12. The number of hydrogen-bond donors (Lipinski definition) is 8. The first-order valence-electron chi connectivity index (χ1n) is 7.96. The van der Waals surface area contributed by atoms with Crippen molar-refractivity contribution in [2.45, 2.75) is 44.0 Å². The van der Waals surface area contributed by atoms with Gasteiger partial charge in [0.05, 0.1) is 25.5 Å². The first-order chi connectivity index (χ1) is 12.9. The van der Waals surface area contributed by atoms with Gasteiger partial charge in [0.2, 0.25) is 29.5 Å². The lowest BCUT2D eigenvalue weighted by Gasteiger charge is -2.24. The highest BCUT2D eigenvalue weighted by Gasteiger charge is 2.32. The van der Waals surface area contributed by atoms with E-state index in [9.17, 15) is 33.9 Å². The van der Waals surface area contributed by atoms with Crippen molar-refractivity contribution >= 4 is 35.5 Å². The van der Waals surface area contributed by atoms with Crippen LogP contribution in [0.4, 0.5) is 0 Å². The van der Waals surface area contributed by atoms with Gasteiger partial charge in [-0.2, -0.15) is 0 Å². The zero-order valence-corrected chi connectivity index (χ0v) is 15.0. The lowest BCUT2D eigenvalue weighted by molar-refractivity contribution is -0.145. The first kappa shape index (κ1) is 24.7. The Balaban J connectivity index is 5.41. The van der Waals surface area contributed by atoms with Gasteiger partial charge in [0.1, 0.15) is 12.1 Å². The van der Waals surface area contributed by atoms with Gasteiger partial charge in [-0.25, -0.2) is 4.79 Å². The van der Waals surface area contributed by atoms with Gasteiger partial charge in [0, 0.05) is 0 Å². The SMILES string of the molecule is CC(O)C(NC(=O)C(CC(N)=O)NC(=O)C(CC(N)=O)NC(=O)CN)C(=O)O. The topological polar surface area (TPSA) is 257 Å². The minimum atomic E-state index is -1.72. The predicted octanol–water partition coefficient (Wildman–Crippen LogP) is -5.38. The quantitative estimate of drug-likeness (QED) is 0.154. The highest BCUT2D eigenvalue weighted by molar-refractivity contribution is 5.97. The predicted molar refractivity (Wildman–Crippen MR) is 91.8 cm³/mol. The van der Waals surface area contributed by atoms with Crippen LogP contribution >= 0.6 is 0 Å². The van der Waals surface area contributed by atoms with Crippen LogP contribution in [-0.2, 0) is 28.8 Å². The van der Waals surface area contributed by atoms with Crippen LogP contribution in [0.15, 0.2) is 0 Å². The van der Waals surface area contributed by atoms with Crippen LogP contribution in [0.5, 0.6) is 0 Å². The number of nitrogens with one attached hydrogen (secondary N) is 3. The number of aliphatic carboxylic acids is 1. The van der Waals surface area contributed by atoms with Gasteiger partial charge >= 0.3 is 5.97 Å². The van der Waals surface area contributed by atoms with Crippen molar-refractivity contribution in [3.63, 3.8) is 0 Å². The summed E-state index contributed by atoms with van der Waals surface area (Å²) in [4.78, 5) is 69.3. The summed E-state index contributed by atoms with van der Waals surface area (Å²) in [6, 6.07) is -4.86. The summed E-state index contributed by atoms with van der Waals surface area (Å²) in [5.41, 5.74) is 15.1. The molecule has 4 atom stereocenters. The molecule has 0 saturated heterocycles. The summed E-state index contributed by atoms with van der Waals surface area (Å²) < 4.78 is 0. The van der Waals surface area contributed by atoms with Crippen molar-refractivity contribution in [1.82, 2.24) is 16.0 Å². The van der Waals surface area contributed by atoms with E-state index in [1.807, 2.05) is 5.32 Å². The van der Waals surface area contributed by atoms with E-state index in [1.54, 1.807) is 0 Å². The summed E-state index contributed by atoms with van der Waals surface area (Å²) in [5.74, 6) is -6.52. The zero-order valence-electron chi connectivity index (χ0n) is 15.0. The van der Waals surface area contributed by atoms with E-state index >= 15 is 0 Å². The molecule has 0 radical (unpaired) electrons. The highest BCUT2D eigenvalue weighted by Crippen LogP contribution is 2.00. The molecule has 14 nitrogen and oxygen atoms in total. The summed E-state index contributed by atoms with van der Waals surface area (Å²) in [7, 11) is 0. The maximum atomic E-state index is 12.3.